The number of rotatable bonds is 7. The molecule has 0 saturated carbocycles. The molecular weight excluding hydrogens is 372 g/mol. The molecule has 3 aromatic carbocycles. The Morgan fingerprint density at radius 3 is 2.64 bits per heavy atom. The highest BCUT2D eigenvalue weighted by Gasteiger charge is 2.12. The number of ketones is 1. The van der Waals surface area contributed by atoms with E-state index in [0.717, 1.165) is 22.1 Å². The van der Waals surface area contributed by atoms with Crippen molar-refractivity contribution in [2.24, 2.45) is 0 Å². The SMILES string of the molecule is Cc1ccccc1OCc1nnc(SCC(=O)c2ccc3ccccc3c2)o1. The van der Waals surface area contributed by atoms with Gasteiger partial charge in [0.1, 0.15) is 5.75 Å². The van der Waals surface area contributed by atoms with E-state index >= 15 is 0 Å². The molecule has 0 aliphatic carbocycles. The van der Waals surface area contributed by atoms with E-state index in [1.54, 1.807) is 0 Å². The van der Waals surface area contributed by atoms with Crippen molar-refractivity contribution in [3.8, 4) is 5.75 Å². The van der Waals surface area contributed by atoms with Gasteiger partial charge in [0.25, 0.3) is 11.1 Å². The lowest BCUT2D eigenvalue weighted by Gasteiger charge is -2.05. The number of nitrogens with zero attached hydrogens (tertiary/aromatic N) is 2. The summed E-state index contributed by atoms with van der Waals surface area (Å²) in [5, 5.41) is 10.5. The third kappa shape index (κ3) is 4.23. The molecule has 0 radical (unpaired) electrons. The topological polar surface area (TPSA) is 65.2 Å². The maximum atomic E-state index is 12.5. The minimum absolute atomic E-state index is 0.0201. The van der Waals surface area contributed by atoms with Crippen molar-refractivity contribution in [2.75, 3.05) is 5.75 Å². The van der Waals surface area contributed by atoms with Crippen LogP contribution in [0.3, 0.4) is 0 Å². The molecule has 0 atom stereocenters. The van der Waals surface area contributed by atoms with Crippen LogP contribution in [0.15, 0.2) is 76.4 Å². The second kappa shape index (κ2) is 8.27. The molecule has 140 valence electrons. The summed E-state index contributed by atoms with van der Waals surface area (Å²) in [4.78, 5) is 12.5. The zero-order valence-electron chi connectivity index (χ0n) is 15.3. The maximum Gasteiger partial charge on any atom is 0.277 e. The number of hydrogen-bond donors (Lipinski definition) is 0. The van der Waals surface area contributed by atoms with Gasteiger partial charge in [-0.3, -0.25) is 4.79 Å². The zero-order valence-corrected chi connectivity index (χ0v) is 16.1. The molecule has 5 nitrogen and oxygen atoms in total. The van der Waals surface area contributed by atoms with Crippen LogP contribution in [0.2, 0.25) is 0 Å². The van der Waals surface area contributed by atoms with Crippen LogP contribution >= 0.6 is 11.8 Å². The van der Waals surface area contributed by atoms with Crippen molar-refractivity contribution in [3.63, 3.8) is 0 Å². The van der Waals surface area contributed by atoms with Gasteiger partial charge >= 0.3 is 0 Å². The maximum absolute atomic E-state index is 12.5. The number of carbonyl (C=O) groups is 1. The quantitative estimate of drug-likeness (QED) is 0.324. The van der Waals surface area contributed by atoms with Crippen molar-refractivity contribution in [1.82, 2.24) is 10.2 Å². The lowest BCUT2D eigenvalue weighted by atomic mass is 10.1. The first kappa shape index (κ1) is 18.3. The van der Waals surface area contributed by atoms with E-state index in [4.69, 9.17) is 9.15 Å². The number of benzene rings is 3. The molecule has 0 aliphatic rings. The smallest absolute Gasteiger partial charge is 0.277 e. The minimum Gasteiger partial charge on any atom is -0.484 e. The van der Waals surface area contributed by atoms with E-state index in [1.165, 1.54) is 11.8 Å². The molecule has 0 aliphatic heterocycles. The van der Waals surface area contributed by atoms with Gasteiger partial charge in [-0.15, -0.1) is 10.2 Å². The molecule has 0 amide bonds. The molecule has 1 aromatic heterocycles. The number of carbonyl (C=O) groups excluding carboxylic acids is 1. The average Bonchev–Trinajstić information content (AvgIpc) is 3.19. The Labute approximate surface area is 166 Å². The molecule has 0 fully saturated rings. The monoisotopic (exact) mass is 390 g/mol. The average molecular weight is 390 g/mol. The standard InChI is InChI=1S/C22H18N2O3S/c1-15-6-2-5-9-20(15)26-13-21-23-24-22(27-21)28-14-19(25)18-11-10-16-7-3-4-8-17(16)12-18/h2-12H,13-14H2,1H3. The second-order valence-corrected chi connectivity index (χ2v) is 7.22. The molecule has 0 spiro atoms. The Kier molecular flexibility index (Phi) is 5.39. The van der Waals surface area contributed by atoms with Crippen molar-refractivity contribution in [3.05, 3.63) is 83.7 Å². The summed E-state index contributed by atoms with van der Waals surface area (Å²) < 4.78 is 11.3. The Morgan fingerprint density at radius 1 is 1.00 bits per heavy atom. The lowest BCUT2D eigenvalue weighted by molar-refractivity contribution is 0.102. The number of hydrogen-bond acceptors (Lipinski definition) is 6. The van der Waals surface area contributed by atoms with Crippen molar-refractivity contribution < 1.29 is 13.9 Å². The van der Waals surface area contributed by atoms with Gasteiger partial charge < -0.3 is 9.15 Å². The highest BCUT2D eigenvalue weighted by atomic mass is 32.2. The van der Waals surface area contributed by atoms with E-state index in [2.05, 4.69) is 10.2 Å². The van der Waals surface area contributed by atoms with E-state index < -0.39 is 0 Å². The van der Waals surface area contributed by atoms with Gasteiger partial charge in [-0.05, 0) is 35.4 Å². The Hall–Kier alpha value is -3.12. The molecule has 0 unspecified atom stereocenters. The third-order valence-electron chi connectivity index (χ3n) is 4.29. The van der Waals surface area contributed by atoms with Crippen LogP contribution in [0.1, 0.15) is 21.8 Å². The van der Waals surface area contributed by atoms with Gasteiger partial charge in [0.05, 0.1) is 5.75 Å². The molecule has 4 aromatic rings. The third-order valence-corrected chi connectivity index (χ3v) is 5.11. The van der Waals surface area contributed by atoms with Gasteiger partial charge in [-0.2, -0.15) is 0 Å². The zero-order chi connectivity index (χ0) is 19.3. The van der Waals surface area contributed by atoms with Crippen LogP contribution in [0.5, 0.6) is 5.75 Å². The van der Waals surface area contributed by atoms with E-state index in [9.17, 15) is 4.79 Å². The molecular formula is C22H18N2O3S. The number of fused-ring (bicyclic) bond motifs is 1. The van der Waals surface area contributed by atoms with Gasteiger partial charge in [-0.25, -0.2) is 0 Å². The number of para-hydroxylation sites is 1. The van der Waals surface area contributed by atoms with E-state index in [1.807, 2.05) is 73.7 Å². The Bertz CT molecular complexity index is 1120. The van der Waals surface area contributed by atoms with E-state index in [-0.39, 0.29) is 18.1 Å². The summed E-state index contributed by atoms with van der Waals surface area (Å²) in [6.07, 6.45) is 0. The van der Waals surface area contributed by atoms with Crippen molar-refractivity contribution in [1.29, 1.82) is 0 Å². The van der Waals surface area contributed by atoms with Gasteiger partial charge in [0, 0.05) is 5.56 Å². The van der Waals surface area contributed by atoms with Crippen LogP contribution in [0.25, 0.3) is 10.8 Å². The fourth-order valence-electron chi connectivity index (χ4n) is 2.79. The van der Waals surface area contributed by atoms with Gasteiger partial charge in [0.15, 0.2) is 12.4 Å². The number of ether oxygens (including phenoxy) is 1. The summed E-state index contributed by atoms with van der Waals surface area (Å²) in [5.74, 6) is 1.41. The number of Topliss-reactive ketones (excluding diaryl/α,β-unsaturated/α-hetero) is 1. The van der Waals surface area contributed by atoms with Crippen LogP contribution < -0.4 is 4.74 Å². The minimum atomic E-state index is 0.0201. The summed E-state index contributed by atoms with van der Waals surface area (Å²) in [6.45, 7) is 2.17. The first-order valence-corrected chi connectivity index (χ1v) is 9.83. The Morgan fingerprint density at radius 2 is 1.79 bits per heavy atom. The Balaban J connectivity index is 1.34. The van der Waals surface area contributed by atoms with Gasteiger partial charge in [-0.1, -0.05) is 66.4 Å². The van der Waals surface area contributed by atoms with Crippen LogP contribution in [0, 0.1) is 6.92 Å². The number of aromatic nitrogens is 2. The first-order valence-electron chi connectivity index (χ1n) is 8.85. The largest absolute Gasteiger partial charge is 0.484 e. The predicted molar refractivity (Wildman–Crippen MR) is 109 cm³/mol. The second-order valence-electron chi connectivity index (χ2n) is 6.29. The summed E-state index contributed by atoms with van der Waals surface area (Å²) in [5.41, 5.74) is 1.71. The van der Waals surface area contributed by atoms with Crippen LogP contribution in [0.4, 0.5) is 0 Å². The van der Waals surface area contributed by atoms with Crippen LogP contribution in [-0.4, -0.2) is 21.7 Å². The molecule has 28 heavy (non-hydrogen) atoms. The molecule has 0 N–H and O–H groups in total. The highest BCUT2D eigenvalue weighted by Crippen LogP contribution is 2.22. The molecule has 6 heteroatoms. The summed E-state index contributed by atoms with van der Waals surface area (Å²) in [6, 6.07) is 21.4. The van der Waals surface area contributed by atoms with Gasteiger partial charge in [0.2, 0.25) is 0 Å². The number of thioether (sulfide) groups is 1. The number of aryl methyl sites for hydroxylation is 1. The summed E-state index contributed by atoms with van der Waals surface area (Å²) in [7, 11) is 0. The summed E-state index contributed by atoms with van der Waals surface area (Å²) >= 11 is 1.23. The van der Waals surface area contributed by atoms with E-state index in [0.29, 0.717) is 16.7 Å². The lowest BCUT2D eigenvalue weighted by Crippen LogP contribution is -2.02. The highest BCUT2D eigenvalue weighted by molar-refractivity contribution is 7.99. The molecule has 0 bridgehead atoms. The van der Waals surface area contributed by atoms with Crippen LogP contribution in [-0.2, 0) is 6.61 Å². The first-order chi connectivity index (χ1) is 13.7. The predicted octanol–water partition coefficient (Wildman–Crippen LogP) is 5.09. The van der Waals surface area contributed by atoms with Crippen molar-refractivity contribution >= 4 is 28.3 Å². The molecule has 1 heterocycles. The normalized spacial score (nSPS) is 10.9. The molecule has 0 saturated heterocycles. The van der Waals surface area contributed by atoms with Crippen molar-refractivity contribution in [2.45, 2.75) is 18.8 Å². The fraction of sp³-hybridized carbons (Fsp3) is 0.136. The molecule has 4 rings (SSSR count). The fourth-order valence-corrected chi connectivity index (χ4v) is 3.46.